The standard InChI is InChI=1S/C105H118N4O5/c1-11-17-21-23-71-105(72-24-22-18-12-2)103-73-94(108(92-53-65-99(66-54-92)113-75-78(15-5)25-19-13-3)87-43-33-82(34-44-87)80-29-39-85(40-30-80)106(84-37-27-77(7)28-38-84)89-47-59-96(110-8)60-48-89)57-69-101(103)102-70-58-95(74-104(102)105)109(93-55-67-100(68-56-93)114-76-79(16-6)26-20-14-4)88-45-35-83(36-46-88)81-31-41-86(42-32-81)107(90-49-61-97(111-9)62-50-90)91-51-63-98(112-10)64-52-91/h27-70,73-74,78-79H,11-26,71-72,75-76H2,1-10H3. The third-order valence-corrected chi connectivity index (χ3v) is 23.5. The lowest BCUT2D eigenvalue weighted by molar-refractivity contribution is 0.233. The summed E-state index contributed by atoms with van der Waals surface area (Å²) < 4.78 is 30.0. The van der Waals surface area contributed by atoms with Gasteiger partial charge in [-0.15, -0.1) is 0 Å². The molecule has 114 heavy (non-hydrogen) atoms. The maximum absolute atomic E-state index is 6.63. The first-order valence-corrected chi connectivity index (χ1v) is 42.3. The Balaban J connectivity index is 0.886. The van der Waals surface area contributed by atoms with E-state index in [2.05, 4.69) is 311 Å². The largest absolute Gasteiger partial charge is 0.497 e. The van der Waals surface area contributed by atoms with Crippen molar-refractivity contribution in [1.29, 1.82) is 0 Å². The van der Waals surface area contributed by atoms with Gasteiger partial charge in [0.15, 0.2) is 0 Å². The maximum Gasteiger partial charge on any atom is 0.119 e. The molecule has 0 saturated carbocycles. The first-order chi connectivity index (χ1) is 56.0. The van der Waals surface area contributed by atoms with Crippen LogP contribution in [-0.4, -0.2) is 34.5 Å². The predicted molar refractivity (Wildman–Crippen MR) is 482 cm³/mol. The molecule has 2 atom stereocenters. The minimum absolute atomic E-state index is 0.267. The Hall–Kier alpha value is -11.2. The Morgan fingerprint density at radius 2 is 0.509 bits per heavy atom. The lowest BCUT2D eigenvalue weighted by Crippen LogP contribution is -2.26. The van der Waals surface area contributed by atoms with Gasteiger partial charge in [-0.3, -0.25) is 0 Å². The summed E-state index contributed by atoms with van der Waals surface area (Å²) in [5.74, 6) is 5.31. The highest BCUT2D eigenvalue weighted by Crippen LogP contribution is 2.58. The first-order valence-electron chi connectivity index (χ1n) is 42.3. The summed E-state index contributed by atoms with van der Waals surface area (Å²) >= 11 is 0. The van der Waals surface area contributed by atoms with Crippen LogP contribution in [-0.2, 0) is 5.41 Å². The van der Waals surface area contributed by atoms with Gasteiger partial charge < -0.3 is 43.3 Å². The van der Waals surface area contributed by atoms with Crippen molar-refractivity contribution < 1.29 is 23.7 Å². The molecule has 1 aliphatic carbocycles. The monoisotopic (exact) mass is 1510 g/mol. The molecule has 12 aromatic carbocycles. The Kier molecular flexibility index (Phi) is 28.0. The molecular weight excluding hydrogens is 1400 g/mol. The lowest BCUT2D eigenvalue weighted by Gasteiger charge is -2.35. The zero-order chi connectivity index (χ0) is 79.2. The molecule has 0 aliphatic heterocycles. The van der Waals surface area contributed by atoms with Gasteiger partial charge >= 0.3 is 0 Å². The average molecular weight is 1520 g/mol. The molecule has 0 aromatic heterocycles. The zero-order valence-corrected chi connectivity index (χ0v) is 69.2. The van der Waals surface area contributed by atoms with Crippen molar-refractivity contribution >= 4 is 68.2 Å². The molecule has 0 amide bonds. The number of rotatable bonds is 41. The minimum atomic E-state index is -0.267. The zero-order valence-electron chi connectivity index (χ0n) is 69.2. The number of hydrogen-bond acceptors (Lipinski definition) is 9. The van der Waals surface area contributed by atoms with E-state index < -0.39 is 0 Å². The lowest BCUT2D eigenvalue weighted by atomic mass is 9.70. The highest BCUT2D eigenvalue weighted by Gasteiger charge is 2.43. The molecule has 0 fully saturated rings. The van der Waals surface area contributed by atoms with E-state index in [9.17, 15) is 0 Å². The SMILES string of the molecule is CCCCCCC1(CCCCCC)c2cc(N(c3ccc(OCC(CC)CCCC)cc3)c3ccc(-c4ccc(N(c5ccc(C)cc5)c5ccc(OC)cc5)cc4)cc3)ccc2-c2ccc(N(c3ccc(OCC(CC)CCCC)cc3)c3ccc(-c4ccc(N(c5ccc(OC)cc5)c5ccc(OC)cc5)cc4)cc3)cc21. The molecule has 9 heteroatoms. The normalized spacial score (nSPS) is 12.5. The van der Waals surface area contributed by atoms with Crippen molar-refractivity contribution in [2.45, 2.75) is 169 Å². The van der Waals surface area contributed by atoms with E-state index in [0.29, 0.717) is 11.8 Å². The Morgan fingerprint density at radius 1 is 0.263 bits per heavy atom. The fraction of sp³-hybridized carbons (Fsp3) is 0.314. The van der Waals surface area contributed by atoms with E-state index in [-0.39, 0.29) is 5.41 Å². The average Bonchev–Trinajstić information content (AvgIpc) is 1.56. The summed E-state index contributed by atoms with van der Waals surface area (Å²) in [6, 6.07) is 102. The van der Waals surface area contributed by atoms with Gasteiger partial charge in [0.05, 0.1) is 34.5 Å². The van der Waals surface area contributed by atoms with E-state index >= 15 is 0 Å². The summed E-state index contributed by atoms with van der Waals surface area (Å²) in [5, 5.41) is 0. The molecule has 0 N–H and O–H groups in total. The Bertz CT molecular complexity index is 4840. The van der Waals surface area contributed by atoms with Crippen LogP contribution in [0.5, 0.6) is 28.7 Å². The second-order valence-corrected chi connectivity index (χ2v) is 31.1. The number of nitrogens with zero attached hydrogens (tertiary/aromatic N) is 4. The molecule has 2 unspecified atom stereocenters. The number of fused-ring (bicyclic) bond motifs is 3. The van der Waals surface area contributed by atoms with Crippen molar-refractivity contribution in [3.8, 4) is 62.1 Å². The molecule has 0 bridgehead atoms. The molecule has 9 nitrogen and oxygen atoms in total. The third-order valence-electron chi connectivity index (χ3n) is 23.5. The van der Waals surface area contributed by atoms with Crippen LogP contribution in [0.4, 0.5) is 68.2 Å². The topological polar surface area (TPSA) is 59.1 Å². The number of ether oxygens (including phenoxy) is 5. The molecule has 12 aromatic rings. The molecule has 0 saturated heterocycles. The van der Waals surface area contributed by atoms with Crippen molar-refractivity contribution in [2.24, 2.45) is 11.8 Å². The Morgan fingerprint density at radius 3 is 0.772 bits per heavy atom. The van der Waals surface area contributed by atoms with Crippen LogP contribution >= 0.6 is 0 Å². The highest BCUT2D eigenvalue weighted by molar-refractivity contribution is 5.90. The van der Waals surface area contributed by atoms with Crippen LogP contribution in [0.1, 0.15) is 174 Å². The first kappa shape index (κ1) is 80.9. The second-order valence-electron chi connectivity index (χ2n) is 31.1. The summed E-state index contributed by atoms with van der Waals surface area (Å²) in [4.78, 5) is 9.53. The van der Waals surface area contributed by atoms with Crippen LogP contribution in [0.2, 0.25) is 0 Å². The fourth-order valence-electron chi connectivity index (χ4n) is 16.6. The number of hydrogen-bond donors (Lipinski definition) is 0. The van der Waals surface area contributed by atoms with Gasteiger partial charge in [-0.05, 0) is 295 Å². The molecule has 13 rings (SSSR count). The van der Waals surface area contributed by atoms with Gasteiger partial charge in [-0.2, -0.15) is 0 Å². The Labute approximate surface area is 681 Å². The summed E-state index contributed by atoms with van der Waals surface area (Å²) in [6.45, 7) is 17.4. The molecule has 588 valence electrons. The van der Waals surface area contributed by atoms with E-state index in [4.69, 9.17) is 23.7 Å². The van der Waals surface area contributed by atoms with Gasteiger partial charge in [0, 0.05) is 73.7 Å². The van der Waals surface area contributed by atoms with Gasteiger partial charge in [-0.25, -0.2) is 0 Å². The summed E-state index contributed by atoms with van der Waals surface area (Å²) in [5.41, 5.74) is 24.0. The van der Waals surface area contributed by atoms with Crippen LogP contribution in [0.3, 0.4) is 0 Å². The number of benzene rings is 12. The molecule has 0 spiro atoms. The third kappa shape index (κ3) is 19.2. The highest BCUT2D eigenvalue weighted by atomic mass is 16.5. The smallest absolute Gasteiger partial charge is 0.119 e. The number of unbranched alkanes of at least 4 members (excludes halogenated alkanes) is 8. The van der Waals surface area contributed by atoms with Gasteiger partial charge in [-0.1, -0.05) is 210 Å². The van der Waals surface area contributed by atoms with Crippen LogP contribution in [0.15, 0.2) is 279 Å². The van der Waals surface area contributed by atoms with Crippen molar-refractivity contribution in [3.63, 3.8) is 0 Å². The summed E-state index contributed by atoms with van der Waals surface area (Å²) in [7, 11) is 5.13. The van der Waals surface area contributed by atoms with E-state index in [1.165, 1.54) is 105 Å². The van der Waals surface area contributed by atoms with Gasteiger partial charge in [0.1, 0.15) is 28.7 Å². The second kappa shape index (κ2) is 39.5. The number of anilines is 12. The quantitative estimate of drug-likeness (QED) is 0.0349. The van der Waals surface area contributed by atoms with Crippen molar-refractivity contribution in [3.05, 3.63) is 296 Å². The molecular formula is C105H118N4O5. The fourth-order valence-corrected chi connectivity index (χ4v) is 16.6. The molecule has 1 aliphatic rings. The van der Waals surface area contributed by atoms with Crippen LogP contribution in [0, 0.1) is 18.8 Å². The molecule has 0 radical (unpaired) electrons. The predicted octanol–water partition coefficient (Wildman–Crippen LogP) is 30.6. The van der Waals surface area contributed by atoms with Gasteiger partial charge in [0.2, 0.25) is 0 Å². The minimum Gasteiger partial charge on any atom is -0.497 e. The van der Waals surface area contributed by atoms with Crippen LogP contribution in [0.25, 0.3) is 33.4 Å². The number of methoxy groups -OCH3 is 3. The maximum atomic E-state index is 6.63. The molecule has 0 heterocycles. The van der Waals surface area contributed by atoms with Crippen molar-refractivity contribution in [1.82, 2.24) is 0 Å². The van der Waals surface area contributed by atoms with E-state index in [0.717, 1.165) is 171 Å². The van der Waals surface area contributed by atoms with E-state index in [1.54, 1.807) is 21.3 Å². The van der Waals surface area contributed by atoms with E-state index in [1.807, 2.05) is 36.4 Å². The number of aryl methyl sites for hydroxylation is 1. The van der Waals surface area contributed by atoms with Crippen LogP contribution < -0.4 is 43.3 Å². The summed E-state index contributed by atoms with van der Waals surface area (Å²) in [6.07, 6.45) is 20.9. The van der Waals surface area contributed by atoms with Crippen molar-refractivity contribution in [2.75, 3.05) is 54.1 Å². The van der Waals surface area contributed by atoms with Gasteiger partial charge in [0.25, 0.3) is 0 Å².